The lowest BCUT2D eigenvalue weighted by atomic mass is 9.76. The van der Waals surface area contributed by atoms with Gasteiger partial charge in [-0.1, -0.05) is 20.8 Å². The first-order chi connectivity index (χ1) is 9.32. The maximum Gasteiger partial charge on any atom is 0.331 e. The Balaban J connectivity index is 0.00000441. The van der Waals surface area contributed by atoms with Gasteiger partial charge < -0.3 is 10.5 Å². The van der Waals surface area contributed by atoms with Crippen LogP contribution in [0, 0.1) is 34.5 Å². The van der Waals surface area contributed by atoms with Crippen molar-refractivity contribution in [3.05, 3.63) is 29.1 Å². The Morgan fingerprint density at radius 3 is 1.50 bits per heavy atom. The zero-order chi connectivity index (χ0) is 16.7. The molecule has 1 rings (SSSR count). The molecule has 3 nitrogen and oxygen atoms in total. The van der Waals surface area contributed by atoms with Gasteiger partial charge >= 0.3 is 5.97 Å². The third-order valence-corrected chi connectivity index (χ3v) is 3.35. The first-order valence-electron chi connectivity index (χ1n) is 5.85. The van der Waals surface area contributed by atoms with Gasteiger partial charge in [-0.3, -0.25) is 0 Å². The summed E-state index contributed by atoms with van der Waals surface area (Å²) in [7, 11) is 0. The highest BCUT2D eigenvalue weighted by Gasteiger charge is 2.43. The largest absolute Gasteiger partial charge is 0.419 e. The molecule has 0 aliphatic heterocycles. The summed E-state index contributed by atoms with van der Waals surface area (Å²) in [4.78, 5) is 11.9. The zero-order valence-corrected chi connectivity index (χ0v) is 13.9. The molecule has 0 aliphatic carbocycles. The van der Waals surface area contributed by atoms with Crippen molar-refractivity contribution in [1.29, 1.82) is 0 Å². The normalized spacial score (nSPS) is 14.1. The Kier molecular flexibility index (Phi) is 6.13. The van der Waals surface area contributed by atoms with Crippen LogP contribution < -0.4 is 10.5 Å². The van der Waals surface area contributed by atoms with E-state index in [-0.39, 0.29) is 17.0 Å². The molecule has 9 heteroatoms. The summed E-state index contributed by atoms with van der Waals surface area (Å²) in [6, 6.07) is 0. The van der Waals surface area contributed by atoms with Crippen LogP contribution in [-0.4, -0.2) is 11.5 Å². The molecule has 126 valence electrons. The summed E-state index contributed by atoms with van der Waals surface area (Å²) < 4.78 is 70.0. The molecular weight excluding hydrogens is 377 g/mol. The minimum absolute atomic E-state index is 0. The Hall–Kier alpha value is -1.22. The summed E-state index contributed by atoms with van der Waals surface area (Å²) in [5, 5.41) is 0. The topological polar surface area (TPSA) is 52.3 Å². The first-order valence-corrected chi connectivity index (χ1v) is 5.85. The number of nitrogens with two attached hydrogens (primary N) is 1. The second-order valence-electron chi connectivity index (χ2n) is 5.74. The molecule has 0 bridgehead atoms. The number of carbonyl (C=O) groups is 1. The molecule has 0 spiro atoms. The van der Waals surface area contributed by atoms with Crippen molar-refractivity contribution in [3.63, 3.8) is 0 Å². The van der Waals surface area contributed by atoms with E-state index in [0.29, 0.717) is 0 Å². The highest BCUT2D eigenvalue weighted by atomic mass is 79.9. The number of rotatable bonds is 2. The van der Waals surface area contributed by atoms with Gasteiger partial charge in [0.05, 0.1) is 0 Å². The number of hydrogen-bond acceptors (Lipinski definition) is 3. The van der Waals surface area contributed by atoms with E-state index < -0.39 is 51.8 Å². The monoisotopic (exact) mass is 391 g/mol. The number of hydrogen-bond donors (Lipinski definition) is 1. The molecule has 0 fully saturated rings. The maximum absolute atomic E-state index is 13.4. The predicted molar refractivity (Wildman–Crippen MR) is 74.2 cm³/mol. The Morgan fingerprint density at radius 1 is 0.864 bits per heavy atom. The van der Waals surface area contributed by atoms with Crippen LogP contribution in [-0.2, 0) is 4.79 Å². The van der Waals surface area contributed by atoms with E-state index in [9.17, 15) is 26.7 Å². The van der Waals surface area contributed by atoms with Crippen LogP contribution in [0.2, 0.25) is 0 Å². The molecule has 0 aliphatic rings. The van der Waals surface area contributed by atoms with Crippen molar-refractivity contribution in [2.75, 3.05) is 0 Å². The molecule has 22 heavy (non-hydrogen) atoms. The minimum Gasteiger partial charge on any atom is -0.419 e. The van der Waals surface area contributed by atoms with E-state index in [0.717, 1.165) is 0 Å². The van der Waals surface area contributed by atoms with E-state index >= 15 is 0 Å². The molecular formula is C13H15BrF5NO2. The summed E-state index contributed by atoms with van der Waals surface area (Å²) in [5.41, 5.74) is 3.11. The maximum atomic E-state index is 13.4. The molecule has 0 radical (unpaired) electrons. The third kappa shape index (κ3) is 3.40. The lowest BCUT2D eigenvalue weighted by Gasteiger charge is -2.35. The van der Waals surface area contributed by atoms with Crippen LogP contribution in [0.4, 0.5) is 22.0 Å². The van der Waals surface area contributed by atoms with Gasteiger partial charge in [-0.25, -0.2) is 18.0 Å². The average molecular weight is 392 g/mol. The van der Waals surface area contributed by atoms with Crippen molar-refractivity contribution in [1.82, 2.24) is 0 Å². The molecule has 2 N–H and O–H groups in total. The molecule has 1 atom stereocenters. The van der Waals surface area contributed by atoms with E-state index in [1.165, 1.54) is 6.92 Å². The zero-order valence-electron chi connectivity index (χ0n) is 12.2. The lowest BCUT2D eigenvalue weighted by Crippen LogP contribution is -2.57. The van der Waals surface area contributed by atoms with Crippen molar-refractivity contribution in [2.45, 2.75) is 33.2 Å². The predicted octanol–water partition coefficient (Wildman–Crippen LogP) is 3.63. The summed E-state index contributed by atoms with van der Waals surface area (Å²) >= 11 is 0. The van der Waals surface area contributed by atoms with E-state index in [1.807, 2.05) is 0 Å². The Morgan fingerprint density at radius 2 is 1.18 bits per heavy atom. The smallest absolute Gasteiger partial charge is 0.331 e. The van der Waals surface area contributed by atoms with Gasteiger partial charge in [0.2, 0.25) is 34.8 Å². The molecule has 0 saturated heterocycles. The highest BCUT2D eigenvalue weighted by Crippen LogP contribution is 2.33. The standard InChI is InChI=1S/C13H14F5NO2.BrH/c1-12(2,3)13(4,19)11(20)21-10-8(17)6(15)5(14)7(16)9(10)18;/h19H2,1-4H3;1H. The number of halogens is 6. The van der Waals surface area contributed by atoms with Gasteiger partial charge in [0, 0.05) is 0 Å². The Bertz CT molecular complexity index is 570. The van der Waals surface area contributed by atoms with Crippen molar-refractivity contribution >= 4 is 23.0 Å². The van der Waals surface area contributed by atoms with Crippen LogP contribution in [0.3, 0.4) is 0 Å². The number of carbonyl (C=O) groups excluding carboxylic acids is 1. The molecule has 1 aromatic carbocycles. The third-order valence-electron chi connectivity index (χ3n) is 3.35. The quantitative estimate of drug-likeness (QED) is 0.275. The molecule has 0 aromatic heterocycles. The minimum atomic E-state index is -2.34. The molecule has 1 unspecified atom stereocenters. The average Bonchev–Trinajstić information content (AvgIpc) is 2.37. The summed E-state index contributed by atoms with van der Waals surface area (Å²) in [6.45, 7) is 5.87. The van der Waals surface area contributed by atoms with E-state index in [2.05, 4.69) is 4.74 Å². The Labute approximate surface area is 134 Å². The SMILES string of the molecule is Br.CC(C)(C)C(C)(N)C(=O)Oc1c(F)c(F)c(F)c(F)c1F. The van der Waals surface area contributed by atoms with Crippen LogP contribution in [0.15, 0.2) is 0 Å². The van der Waals surface area contributed by atoms with Crippen molar-refractivity contribution in [3.8, 4) is 5.75 Å². The molecule has 0 heterocycles. The van der Waals surface area contributed by atoms with E-state index in [4.69, 9.17) is 5.73 Å². The lowest BCUT2D eigenvalue weighted by molar-refractivity contribution is -0.144. The molecule has 0 saturated carbocycles. The van der Waals surface area contributed by atoms with Gasteiger partial charge in [-0.05, 0) is 12.3 Å². The van der Waals surface area contributed by atoms with Gasteiger partial charge in [0.15, 0.2) is 0 Å². The van der Waals surface area contributed by atoms with Crippen LogP contribution in [0.25, 0.3) is 0 Å². The fourth-order valence-corrected chi connectivity index (χ4v) is 1.18. The van der Waals surface area contributed by atoms with Gasteiger partial charge in [0.1, 0.15) is 5.54 Å². The van der Waals surface area contributed by atoms with Crippen LogP contribution >= 0.6 is 17.0 Å². The molecule has 0 amide bonds. The van der Waals surface area contributed by atoms with Gasteiger partial charge in [-0.2, -0.15) is 8.78 Å². The second-order valence-corrected chi connectivity index (χ2v) is 5.74. The van der Waals surface area contributed by atoms with Gasteiger partial charge in [-0.15, -0.1) is 17.0 Å². The van der Waals surface area contributed by atoms with E-state index in [1.54, 1.807) is 20.8 Å². The summed E-state index contributed by atoms with van der Waals surface area (Å²) in [5.74, 6) is -14.2. The number of benzene rings is 1. The summed E-state index contributed by atoms with van der Waals surface area (Å²) in [6.07, 6.45) is 0. The number of ether oxygens (including phenoxy) is 1. The fourth-order valence-electron chi connectivity index (χ4n) is 1.18. The van der Waals surface area contributed by atoms with Crippen molar-refractivity contribution in [2.24, 2.45) is 11.1 Å². The van der Waals surface area contributed by atoms with Crippen LogP contribution in [0.5, 0.6) is 5.75 Å². The van der Waals surface area contributed by atoms with Gasteiger partial charge in [0.25, 0.3) is 0 Å². The first kappa shape index (κ1) is 20.8. The van der Waals surface area contributed by atoms with Crippen molar-refractivity contribution < 1.29 is 31.5 Å². The second kappa shape index (κ2) is 6.49. The molecule has 1 aromatic rings. The highest BCUT2D eigenvalue weighted by molar-refractivity contribution is 8.93. The van der Waals surface area contributed by atoms with Crippen LogP contribution in [0.1, 0.15) is 27.7 Å². The fraction of sp³-hybridized carbons (Fsp3) is 0.462. The number of esters is 1.